The summed E-state index contributed by atoms with van der Waals surface area (Å²) in [7, 11) is 0. The van der Waals surface area contributed by atoms with Crippen molar-refractivity contribution in [2.24, 2.45) is 11.8 Å². The molecule has 7 nitrogen and oxygen atoms in total. The maximum Gasteiger partial charge on any atom is 0.225 e. The van der Waals surface area contributed by atoms with Crippen LogP contribution in [0.5, 0.6) is 0 Å². The summed E-state index contributed by atoms with van der Waals surface area (Å²) in [4.78, 5) is 48.5. The molecule has 0 unspecified atom stereocenters. The summed E-state index contributed by atoms with van der Waals surface area (Å²) >= 11 is 0. The van der Waals surface area contributed by atoms with E-state index in [1.54, 1.807) is 18.7 Å². The molecule has 0 saturated carbocycles. The second kappa shape index (κ2) is 10.8. The number of carbonyl (C=O) groups is 4. The Bertz CT molecular complexity index is 443. The van der Waals surface area contributed by atoms with Crippen molar-refractivity contribution in [2.45, 2.75) is 54.0 Å². The molecular weight excluding hydrogens is 310 g/mol. The molecule has 0 fully saturated rings. The first-order chi connectivity index (χ1) is 11.1. The van der Waals surface area contributed by atoms with Crippen LogP contribution in [0.1, 0.15) is 48.0 Å². The van der Waals surface area contributed by atoms with Crippen LogP contribution in [0.15, 0.2) is 0 Å². The standard InChI is InChI=1S/C17H31N3O4/c1-11(2)16(23)7-8-20(17(24)12(3)4)15(9-18-13(5)21)10-19-14(6)22/h11-12,15H,7-10H2,1-6H3,(H,18,21)(H,19,22). The molecule has 0 atom stereocenters. The summed E-state index contributed by atoms with van der Waals surface area (Å²) in [5, 5.41) is 5.37. The smallest absolute Gasteiger partial charge is 0.225 e. The summed E-state index contributed by atoms with van der Waals surface area (Å²) in [5.74, 6) is -0.779. The number of nitrogens with one attached hydrogen (secondary N) is 2. The lowest BCUT2D eigenvalue weighted by Crippen LogP contribution is -2.53. The van der Waals surface area contributed by atoms with E-state index in [0.717, 1.165) is 0 Å². The van der Waals surface area contributed by atoms with E-state index in [9.17, 15) is 19.2 Å². The Balaban J connectivity index is 5.20. The average molecular weight is 341 g/mol. The summed E-state index contributed by atoms with van der Waals surface area (Å²) in [6.45, 7) is 10.7. The van der Waals surface area contributed by atoms with Crippen molar-refractivity contribution in [2.75, 3.05) is 19.6 Å². The highest BCUT2D eigenvalue weighted by atomic mass is 16.2. The molecule has 138 valence electrons. The third-order valence-electron chi connectivity index (χ3n) is 3.63. The van der Waals surface area contributed by atoms with Gasteiger partial charge < -0.3 is 15.5 Å². The molecule has 0 saturated heterocycles. The summed E-state index contributed by atoms with van der Waals surface area (Å²) < 4.78 is 0. The molecule has 7 heteroatoms. The van der Waals surface area contributed by atoms with Gasteiger partial charge in [-0.05, 0) is 0 Å². The van der Waals surface area contributed by atoms with E-state index in [0.29, 0.717) is 0 Å². The average Bonchev–Trinajstić information content (AvgIpc) is 2.47. The largest absolute Gasteiger partial charge is 0.354 e. The molecule has 0 spiro atoms. The summed E-state index contributed by atoms with van der Waals surface area (Å²) in [5.41, 5.74) is 0. The van der Waals surface area contributed by atoms with Gasteiger partial charge in [-0.3, -0.25) is 19.2 Å². The predicted molar refractivity (Wildman–Crippen MR) is 92.2 cm³/mol. The minimum absolute atomic E-state index is 0.0781. The normalized spacial score (nSPS) is 10.9. The molecule has 0 aromatic rings. The minimum atomic E-state index is -0.396. The highest BCUT2D eigenvalue weighted by molar-refractivity contribution is 5.82. The van der Waals surface area contributed by atoms with Crippen LogP contribution in [-0.2, 0) is 19.2 Å². The second-order valence-electron chi connectivity index (χ2n) is 6.59. The fourth-order valence-electron chi connectivity index (χ4n) is 2.14. The lowest BCUT2D eigenvalue weighted by atomic mass is 10.0. The maximum atomic E-state index is 12.5. The van der Waals surface area contributed by atoms with Gasteiger partial charge in [-0.15, -0.1) is 0 Å². The molecule has 0 aromatic heterocycles. The Morgan fingerprint density at radius 1 is 0.833 bits per heavy atom. The van der Waals surface area contributed by atoms with Crippen LogP contribution >= 0.6 is 0 Å². The fraction of sp³-hybridized carbons (Fsp3) is 0.765. The maximum absolute atomic E-state index is 12.5. The molecule has 0 heterocycles. The van der Waals surface area contributed by atoms with Crippen LogP contribution in [0, 0.1) is 11.8 Å². The molecule has 0 aliphatic rings. The van der Waals surface area contributed by atoms with Gasteiger partial charge in [0, 0.05) is 51.7 Å². The summed E-state index contributed by atoms with van der Waals surface area (Å²) in [6.07, 6.45) is 0.257. The molecule has 2 N–H and O–H groups in total. The van der Waals surface area contributed by atoms with Gasteiger partial charge in [-0.25, -0.2) is 0 Å². The number of amides is 3. The number of hydrogen-bond donors (Lipinski definition) is 2. The zero-order valence-electron chi connectivity index (χ0n) is 15.6. The van der Waals surface area contributed by atoms with Crippen molar-refractivity contribution in [3.8, 4) is 0 Å². The van der Waals surface area contributed by atoms with Gasteiger partial charge in [-0.2, -0.15) is 0 Å². The molecule has 0 aliphatic heterocycles. The Morgan fingerprint density at radius 3 is 1.62 bits per heavy atom. The van der Waals surface area contributed by atoms with E-state index < -0.39 is 6.04 Å². The molecule has 0 bridgehead atoms. The van der Waals surface area contributed by atoms with Gasteiger partial charge in [-0.1, -0.05) is 27.7 Å². The zero-order valence-corrected chi connectivity index (χ0v) is 15.6. The van der Waals surface area contributed by atoms with E-state index in [2.05, 4.69) is 10.6 Å². The number of carbonyl (C=O) groups excluding carboxylic acids is 4. The van der Waals surface area contributed by atoms with Crippen LogP contribution in [0.3, 0.4) is 0 Å². The third-order valence-corrected chi connectivity index (χ3v) is 3.63. The molecule has 0 aromatic carbocycles. The Labute approximate surface area is 144 Å². The van der Waals surface area contributed by atoms with Crippen molar-refractivity contribution >= 4 is 23.5 Å². The highest BCUT2D eigenvalue weighted by Gasteiger charge is 2.26. The first-order valence-corrected chi connectivity index (χ1v) is 8.38. The number of hydrogen-bond acceptors (Lipinski definition) is 4. The molecule has 24 heavy (non-hydrogen) atoms. The third kappa shape index (κ3) is 8.64. The van der Waals surface area contributed by atoms with Crippen LogP contribution in [-0.4, -0.2) is 54.1 Å². The molecule has 0 rings (SSSR count). The van der Waals surface area contributed by atoms with Gasteiger partial charge in [0.25, 0.3) is 0 Å². The number of nitrogens with zero attached hydrogens (tertiary/aromatic N) is 1. The van der Waals surface area contributed by atoms with Gasteiger partial charge in [0.2, 0.25) is 17.7 Å². The van der Waals surface area contributed by atoms with Crippen molar-refractivity contribution < 1.29 is 19.2 Å². The van der Waals surface area contributed by atoms with Crippen LogP contribution in [0.25, 0.3) is 0 Å². The molecule has 0 aliphatic carbocycles. The van der Waals surface area contributed by atoms with Crippen molar-refractivity contribution in [3.05, 3.63) is 0 Å². The minimum Gasteiger partial charge on any atom is -0.354 e. The van der Waals surface area contributed by atoms with E-state index in [4.69, 9.17) is 0 Å². The summed E-state index contributed by atoms with van der Waals surface area (Å²) in [6, 6.07) is -0.396. The number of rotatable bonds is 10. The monoisotopic (exact) mass is 341 g/mol. The Hall–Kier alpha value is -1.92. The second-order valence-corrected chi connectivity index (χ2v) is 6.59. The first kappa shape index (κ1) is 22.1. The van der Waals surface area contributed by atoms with Gasteiger partial charge >= 0.3 is 0 Å². The van der Waals surface area contributed by atoms with Gasteiger partial charge in [0.1, 0.15) is 5.78 Å². The van der Waals surface area contributed by atoms with Gasteiger partial charge in [0.05, 0.1) is 6.04 Å². The van der Waals surface area contributed by atoms with E-state index in [-0.39, 0.29) is 61.4 Å². The quantitative estimate of drug-likeness (QED) is 0.612. The first-order valence-electron chi connectivity index (χ1n) is 8.38. The highest BCUT2D eigenvalue weighted by Crippen LogP contribution is 2.10. The molecule has 3 amide bonds. The van der Waals surface area contributed by atoms with Crippen LogP contribution in [0.4, 0.5) is 0 Å². The predicted octanol–water partition coefficient (Wildman–Crippen LogP) is 0.727. The molecule has 0 radical (unpaired) electrons. The van der Waals surface area contributed by atoms with Crippen molar-refractivity contribution in [3.63, 3.8) is 0 Å². The zero-order chi connectivity index (χ0) is 18.9. The van der Waals surface area contributed by atoms with Crippen molar-refractivity contribution in [1.82, 2.24) is 15.5 Å². The number of Topliss-reactive ketones (excluding diaryl/α,β-unsaturated/α-hetero) is 1. The Morgan fingerprint density at radius 2 is 1.29 bits per heavy atom. The van der Waals surface area contributed by atoms with E-state index in [1.807, 2.05) is 13.8 Å². The number of ketones is 1. The van der Waals surface area contributed by atoms with Crippen LogP contribution < -0.4 is 10.6 Å². The van der Waals surface area contributed by atoms with E-state index in [1.165, 1.54) is 13.8 Å². The Kier molecular flexibility index (Phi) is 9.92. The molecular formula is C17H31N3O4. The fourth-order valence-corrected chi connectivity index (χ4v) is 2.14. The van der Waals surface area contributed by atoms with Crippen molar-refractivity contribution in [1.29, 1.82) is 0 Å². The van der Waals surface area contributed by atoms with Crippen LogP contribution in [0.2, 0.25) is 0 Å². The topological polar surface area (TPSA) is 95.6 Å². The lowest BCUT2D eigenvalue weighted by molar-refractivity contribution is -0.138. The van der Waals surface area contributed by atoms with Gasteiger partial charge in [0.15, 0.2) is 0 Å². The van der Waals surface area contributed by atoms with E-state index >= 15 is 0 Å². The SMILES string of the molecule is CC(=O)NCC(CNC(C)=O)N(CCC(=O)C(C)C)C(=O)C(C)C. The lowest BCUT2D eigenvalue weighted by Gasteiger charge is -2.33.